The number of rotatable bonds is 6. The molecule has 0 heterocycles. The summed E-state index contributed by atoms with van der Waals surface area (Å²) in [6.07, 6.45) is 1.41. The van der Waals surface area contributed by atoms with Gasteiger partial charge in [-0.15, -0.1) is 0 Å². The monoisotopic (exact) mass is 200 g/mol. The highest BCUT2D eigenvalue weighted by Crippen LogP contribution is 1.88. The van der Waals surface area contributed by atoms with Crippen molar-refractivity contribution in [2.24, 2.45) is 0 Å². The minimum Gasteiger partial charge on any atom is -0.456 e. The van der Waals surface area contributed by atoms with Gasteiger partial charge in [-0.2, -0.15) is 0 Å². The van der Waals surface area contributed by atoms with E-state index in [0.29, 0.717) is 26.4 Å². The quantitative estimate of drug-likeness (QED) is 0.210. The standard InChI is InChI=1S/C10H16O4/c1-3-14-10(11)7-5-4-6-8-13-9-12-2/h3-4,6,8-9H2,1-2H3. The van der Waals surface area contributed by atoms with Crippen molar-refractivity contribution >= 4 is 5.97 Å². The van der Waals surface area contributed by atoms with Crippen molar-refractivity contribution in [1.82, 2.24) is 0 Å². The maximum Gasteiger partial charge on any atom is 0.384 e. The zero-order valence-electron chi connectivity index (χ0n) is 8.67. The van der Waals surface area contributed by atoms with Crippen LogP contribution in [0, 0.1) is 11.8 Å². The van der Waals surface area contributed by atoms with E-state index in [1.807, 2.05) is 0 Å². The molecule has 0 aliphatic heterocycles. The van der Waals surface area contributed by atoms with E-state index in [1.54, 1.807) is 14.0 Å². The molecule has 14 heavy (non-hydrogen) atoms. The third-order valence-electron chi connectivity index (χ3n) is 1.26. The smallest absolute Gasteiger partial charge is 0.384 e. The summed E-state index contributed by atoms with van der Waals surface area (Å²) in [7, 11) is 1.57. The second kappa shape index (κ2) is 10.0. The van der Waals surface area contributed by atoms with E-state index in [1.165, 1.54) is 0 Å². The molecule has 0 radical (unpaired) electrons. The number of esters is 1. The van der Waals surface area contributed by atoms with Gasteiger partial charge >= 0.3 is 5.97 Å². The van der Waals surface area contributed by atoms with Crippen LogP contribution in [0.3, 0.4) is 0 Å². The van der Waals surface area contributed by atoms with E-state index in [9.17, 15) is 4.79 Å². The average molecular weight is 200 g/mol. The second-order valence-corrected chi connectivity index (χ2v) is 2.44. The number of hydrogen-bond acceptors (Lipinski definition) is 4. The summed E-state index contributed by atoms with van der Waals surface area (Å²) in [5.41, 5.74) is 0. The summed E-state index contributed by atoms with van der Waals surface area (Å²) in [5, 5.41) is 0. The Morgan fingerprint density at radius 3 is 2.86 bits per heavy atom. The fraction of sp³-hybridized carbons (Fsp3) is 0.700. The van der Waals surface area contributed by atoms with E-state index >= 15 is 0 Å². The van der Waals surface area contributed by atoms with E-state index in [-0.39, 0.29) is 0 Å². The van der Waals surface area contributed by atoms with Gasteiger partial charge in [0.05, 0.1) is 13.2 Å². The van der Waals surface area contributed by atoms with Crippen LogP contribution in [-0.2, 0) is 19.0 Å². The SMILES string of the molecule is CCOC(=O)C#CCCCOCOC. The van der Waals surface area contributed by atoms with Crippen LogP contribution in [0.1, 0.15) is 19.8 Å². The Morgan fingerprint density at radius 2 is 2.21 bits per heavy atom. The van der Waals surface area contributed by atoms with Gasteiger partial charge < -0.3 is 14.2 Å². The average Bonchev–Trinajstić information content (AvgIpc) is 2.17. The van der Waals surface area contributed by atoms with E-state index < -0.39 is 5.97 Å². The molecular weight excluding hydrogens is 184 g/mol. The van der Waals surface area contributed by atoms with Crippen LogP contribution in [0.5, 0.6) is 0 Å². The fourth-order valence-electron chi connectivity index (χ4n) is 0.707. The number of methoxy groups -OCH3 is 1. The number of carbonyl (C=O) groups excluding carboxylic acids is 1. The van der Waals surface area contributed by atoms with Crippen molar-refractivity contribution < 1.29 is 19.0 Å². The molecule has 0 saturated heterocycles. The molecule has 80 valence electrons. The van der Waals surface area contributed by atoms with Gasteiger partial charge in [-0.05, 0) is 13.3 Å². The Morgan fingerprint density at radius 1 is 1.43 bits per heavy atom. The van der Waals surface area contributed by atoms with Crippen LogP contribution in [0.4, 0.5) is 0 Å². The molecule has 0 amide bonds. The van der Waals surface area contributed by atoms with Crippen molar-refractivity contribution in [1.29, 1.82) is 0 Å². The van der Waals surface area contributed by atoms with Gasteiger partial charge in [0.2, 0.25) is 0 Å². The summed E-state index contributed by atoms with van der Waals surface area (Å²) in [6.45, 7) is 3.00. The molecule has 4 heteroatoms. The first-order valence-corrected chi connectivity index (χ1v) is 4.53. The molecule has 0 aliphatic rings. The zero-order valence-corrected chi connectivity index (χ0v) is 8.67. The normalized spacial score (nSPS) is 9.00. The second-order valence-electron chi connectivity index (χ2n) is 2.44. The van der Waals surface area contributed by atoms with Crippen molar-refractivity contribution in [2.75, 3.05) is 27.1 Å². The lowest BCUT2D eigenvalue weighted by atomic mass is 10.3. The predicted octanol–water partition coefficient (Wildman–Crippen LogP) is 0.954. The lowest BCUT2D eigenvalue weighted by Gasteiger charge is -1.98. The van der Waals surface area contributed by atoms with Crippen molar-refractivity contribution in [3.05, 3.63) is 0 Å². The van der Waals surface area contributed by atoms with E-state index in [0.717, 1.165) is 6.42 Å². The maximum atomic E-state index is 10.7. The molecule has 0 aromatic heterocycles. The summed E-state index contributed by atoms with van der Waals surface area (Å²) >= 11 is 0. The van der Waals surface area contributed by atoms with Crippen molar-refractivity contribution in [3.63, 3.8) is 0 Å². The highest BCUT2D eigenvalue weighted by molar-refractivity contribution is 5.88. The first-order valence-electron chi connectivity index (χ1n) is 4.53. The molecule has 0 bridgehead atoms. The van der Waals surface area contributed by atoms with Crippen LogP contribution in [0.15, 0.2) is 0 Å². The van der Waals surface area contributed by atoms with Gasteiger partial charge in [-0.3, -0.25) is 0 Å². The molecule has 0 aromatic carbocycles. The summed E-state index contributed by atoms with van der Waals surface area (Å²) < 4.78 is 14.3. The number of ether oxygens (including phenoxy) is 3. The maximum absolute atomic E-state index is 10.7. The van der Waals surface area contributed by atoms with E-state index in [4.69, 9.17) is 4.74 Å². The third-order valence-corrected chi connectivity index (χ3v) is 1.26. The van der Waals surface area contributed by atoms with Crippen LogP contribution in [-0.4, -0.2) is 33.1 Å². The van der Waals surface area contributed by atoms with Gasteiger partial charge in [-0.1, -0.05) is 5.92 Å². The Labute approximate surface area is 84.5 Å². The Bertz CT molecular complexity index is 202. The lowest BCUT2D eigenvalue weighted by molar-refractivity contribution is -0.136. The first kappa shape index (κ1) is 12.9. The minimum absolute atomic E-state index is 0.297. The summed E-state index contributed by atoms with van der Waals surface area (Å²) in [4.78, 5) is 10.7. The Balaban J connectivity index is 3.29. The Kier molecular flexibility index (Phi) is 9.28. The largest absolute Gasteiger partial charge is 0.456 e. The molecular formula is C10H16O4. The van der Waals surface area contributed by atoms with Crippen LogP contribution in [0.2, 0.25) is 0 Å². The number of carbonyl (C=O) groups is 1. The molecule has 0 saturated carbocycles. The predicted molar refractivity (Wildman–Crippen MR) is 51.5 cm³/mol. The molecule has 0 aliphatic carbocycles. The molecule has 0 fully saturated rings. The van der Waals surface area contributed by atoms with Gasteiger partial charge in [-0.25, -0.2) is 4.79 Å². The van der Waals surface area contributed by atoms with Crippen LogP contribution < -0.4 is 0 Å². The van der Waals surface area contributed by atoms with E-state index in [2.05, 4.69) is 21.3 Å². The minimum atomic E-state index is -0.467. The first-order chi connectivity index (χ1) is 6.81. The lowest BCUT2D eigenvalue weighted by Crippen LogP contribution is -2.00. The molecule has 0 rings (SSSR count). The van der Waals surface area contributed by atoms with Gasteiger partial charge in [0.1, 0.15) is 6.79 Å². The highest BCUT2D eigenvalue weighted by atomic mass is 16.7. The van der Waals surface area contributed by atoms with Gasteiger partial charge in [0.15, 0.2) is 0 Å². The summed E-state index contributed by atoms with van der Waals surface area (Å²) in [5.74, 6) is 4.61. The molecule has 0 aromatic rings. The molecule has 0 N–H and O–H groups in total. The Hall–Kier alpha value is -1.05. The van der Waals surface area contributed by atoms with Gasteiger partial charge in [0, 0.05) is 19.5 Å². The van der Waals surface area contributed by atoms with Crippen molar-refractivity contribution in [2.45, 2.75) is 19.8 Å². The number of hydrogen-bond donors (Lipinski definition) is 0. The third kappa shape index (κ3) is 9.04. The van der Waals surface area contributed by atoms with Crippen molar-refractivity contribution in [3.8, 4) is 11.8 Å². The topological polar surface area (TPSA) is 44.8 Å². The summed E-state index contributed by atoms with van der Waals surface area (Å²) in [6, 6.07) is 0. The molecule has 4 nitrogen and oxygen atoms in total. The molecule has 0 atom stereocenters. The van der Waals surface area contributed by atoms with Gasteiger partial charge in [0.25, 0.3) is 0 Å². The van der Waals surface area contributed by atoms with Crippen LogP contribution >= 0.6 is 0 Å². The van der Waals surface area contributed by atoms with Crippen LogP contribution in [0.25, 0.3) is 0 Å². The fourth-order valence-corrected chi connectivity index (χ4v) is 0.707. The number of unbranched alkanes of at least 4 members (excludes halogenated alkanes) is 1. The highest BCUT2D eigenvalue weighted by Gasteiger charge is 1.91. The zero-order chi connectivity index (χ0) is 10.6. The molecule has 0 unspecified atom stereocenters. The molecule has 0 spiro atoms.